The summed E-state index contributed by atoms with van der Waals surface area (Å²) in [5.74, 6) is 2.83. The van der Waals surface area contributed by atoms with Crippen LogP contribution in [0.3, 0.4) is 0 Å². The average molecular weight is 544 g/mol. The molecule has 1 atom stereocenters. The molecule has 0 spiro atoms. The Kier molecular flexibility index (Phi) is 10.2. The molecule has 1 fully saturated rings. The number of halogens is 1. The highest BCUT2D eigenvalue weighted by Gasteiger charge is 2.23. The number of aromatic nitrogens is 3. The van der Waals surface area contributed by atoms with Crippen LogP contribution in [0.15, 0.2) is 29.5 Å². The molecule has 0 aliphatic carbocycles. The summed E-state index contributed by atoms with van der Waals surface area (Å²) in [6.07, 6.45) is 4.69. The molecule has 2 aromatic heterocycles. The molecule has 1 N–H and O–H groups in total. The number of nitrogens with zero attached hydrogens (tertiary/aromatic N) is 6. The molecule has 0 radical (unpaired) electrons. The van der Waals surface area contributed by atoms with Crippen LogP contribution >= 0.6 is 35.5 Å². The smallest absolute Gasteiger partial charge is 0.205 e. The lowest BCUT2D eigenvalue weighted by Crippen LogP contribution is -2.52. The topological polar surface area (TPSA) is 69.5 Å². The molecular formula is C21H34IN7S. The van der Waals surface area contributed by atoms with Crippen LogP contribution in [0, 0.1) is 5.92 Å². The van der Waals surface area contributed by atoms with Crippen molar-refractivity contribution in [2.75, 3.05) is 44.2 Å². The minimum Gasteiger partial charge on any atom is -0.357 e. The summed E-state index contributed by atoms with van der Waals surface area (Å²) in [4.78, 5) is 18.6. The van der Waals surface area contributed by atoms with E-state index in [-0.39, 0.29) is 24.0 Å². The standard InChI is InChI=1S/C21H33N7S.HI/c1-5-19-25-21(29-26-19)28-12-10-27(11-13-28)20(23-6-2)24-15-18(16(3)4)17-8-7-9-22-14-17;/h7-9,14,16,18H,5-6,10-13,15H2,1-4H3,(H,23,24);1H. The molecule has 1 saturated heterocycles. The molecule has 0 bridgehead atoms. The predicted octanol–water partition coefficient (Wildman–Crippen LogP) is 3.64. The monoisotopic (exact) mass is 543 g/mol. The zero-order valence-electron chi connectivity index (χ0n) is 18.4. The third-order valence-electron chi connectivity index (χ3n) is 5.31. The molecule has 1 aliphatic rings. The molecule has 0 saturated carbocycles. The molecule has 9 heteroatoms. The van der Waals surface area contributed by atoms with Gasteiger partial charge in [0.25, 0.3) is 0 Å². The molecule has 3 rings (SSSR count). The fourth-order valence-electron chi connectivity index (χ4n) is 3.53. The predicted molar refractivity (Wildman–Crippen MR) is 136 cm³/mol. The van der Waals surface area contributed by atoms with E-state index >= 15 is 0 Å². The van der Waals surface area contributed by atoms with Gasteiger partial charge in [-0.3, -0.25) is 9.98 Å². The lowest BCUT2D eigenvalue weighted by atomic mass is 9.89. The second-order valence-electron chi connectivity index (χ2n) is 7.65. The number of hydrogen-bond donors (Lipinski definition) is 1. The Morgan fingerprint density at radius 2 is 2.00 bits per heavy atom. The molecule has 1 unspecified atom stereocenters. The molecule has 1 aliphatic heterocycles. The molecule has 3 heterocycles. The highest BCUT2D eigenvalue weighted by Crippen LogP contribution is 2.24. The van der Waals surface area contributed by atoms with Gasteiger partial charge in [-0.15, -0.1) is 24.0 Å². The van der Waals surface area contributed by atoms with Gasteiger partial charge in [-0.1, -0.05) is 26.8 Å². The third kappa shape index (κ3) is 6.50. The van der Waals surface area contributed by atoms with E-state index in [0.717, 1.165) is 62.6 Å². The fourth-order valence-corrected chi connectivity index (χ4v) is 4.33. The number of anilines is 1. The zero-order chi connectivity index (χ0) is 20.6. The summed E-state index contributed by atoms with van der Waals surface area (Å²) >= 11 is 1.51. The van der Waals surface area contributed by atoms with Gasteiger partial charge in [0.2, 0.25) is 5.13 Å². The largest absolute Gasteiger partial charge is 0.357 e. The molecule has 0 amide bonds. The number of nitrogens with one attached hydrogen (secondary N) is 1. The van der Waals surface area contributed by atoms with Crippen LogP contribution in [0.4, 0.5) is 5.13 Å². The first kappa shape index (κ1) is 24.8. The summed E-state index contributed by atoms with van der Waals surface area (Å²) in [5, 5.41) is 4.52. The van der Waals surface area contributed by atoms with Crippen LogP contribution in [0.25, 0.3) is 0 Å². The second kappa shape index (κ2) is 12.4. The van der Waals surface area contributed by atoms with Gasteiger partial charge in [-0.25, -0.2) is 4.98 Å². The van der Waals surface area contributed by atoms with Crippen molar-refractivity contribution in [1.29, 1.82) is 0 Å². The van der Waals surface area contributed by atoms with Crippen LogP contribution in [0.5, 0.6) is 0 Å². The van der Waals surface area contributed by atoms with E-state index in [0.29, 0.717) is 11.8 Å². The number of piperazine rings is 1. The van der Waals surface area contributed by atoms with Crippen LogP contribution < -0.4 is 10.2 Å². The normalized spacial score (nSPS) is 15.8. The Morgan fingerprint density at radius 3 is 2.57 bits per heavy atom. The number of aryl methyl sites for hydroxylation is 1. The lowest BCUT2D eigenvalue weighted by molar-refractivity contribution is 0.370. The maximum atomic E-state index is 5.01. The fraction of sp³-hybridized carbons (Fsp3) is 0.619. The Morgan fingerprint density at radius 1 is 1.23 bits per heavy atom. The summed E-state index contributed by atoms with van der Waals surface area (Å²) in [7, 11) is 0. The molecule has 166 valence electrons. The second-order valence-corrected chi connectivity index (χ2v) is 8.38. The van der Waals surface area contributed by atoms with E-state index in [1.165, 1.54) is 17.1 Å². The Balaban J connectivity index is 0.00000320. The van der Waals surface area contributed by atoms with Crippen molar-refractivity contribution in [3.63, 3.8) is 0 Å². The third-order valence-corrected chi connectivity index (χ3v) is 6.13. The van der Waals surface area contributed by atoms with Crippen molar-refractivity contribution in [3.8, 4) is 0 Å². The summed E-state index contributed by atoms with van der Waals surface area (Å²) in [5.41, 5.74) is 1.26. The Bertz CT molecular complexity index is 773. The van der Waals surface area contributed by atoms with Crippen molar-refractivity contribution in [2.24, 2.45) is 10.9 Å². The molecular weight excluding hydrogens is 509 g/mol. The quantitative estimate of drug-likeness (QED) is 0.327. The van der Waals surface area contributed by atoms with Gasteiger partial charge in [0.1, 0.15) is 5.82 Å². The van der Waals surface area contributed by atoms with E-state index in [9.17, 15) is 0 Å². The first-order valence-corrected chi connectivity index (χ1v) is 11.4. The van der Waals surface area contributed by atoms with E-state index < -0.39 is 0 Å². The number of rotatable bonds is 7. The Hall–Kier alpha value is -1.49. The first-order valence-electron chi connectivity index (χ1n) is 10.6. The van der Waals surface area contributed by atoms with Crippen molar-refractivity contribution in [3.05, 3.63) is 35.9 Å². The van der Waals surface area contributed by atoms with E-state index in [2.05, 4.69) is 63.2 Å². The summed E-state index contributed by atoms with van der Waals surface area (Å²) < 4.78 is 4.42. The molecule has 30 heavy (non-hydrogen) atoms. The van der Waals surface area contributed by atoms with Crippen LogP contribution in [-0.4, -0.2) is 64.5 Å². The van der Waals surface area contributed by atoms with E-state index in [4.69, 9.17) is 4.99 Å². The van der Waals surface area contributed by atoms with Crippen LogP contribution in [0.2, 0.25) is 0 Å². The van der Waals surface area contributed by atoms with Crippen molar-refractivity contribution in [2.45, 2.75) is 40.0 Å². The minimum atomic E-state index is 0. The summed E-state index contributed by atoms with van der Waals surface area (Å²) in [6, 6.07) is 4.17. The maximum absolute atomic E-state index is 5.01. The van der Waals surface area contributed by atoms with Crippen molar-refractivity contribution in [1.82, 2.24) is 24.6 Å². The summed E-state index contributed by atoms with van der Waals surface area (Å²) in [6.45, 7) is 14.1. The molecule has 7 nitrogen and oxygen atoms in total. The molecule has 2 aromatic rings. The number of hydrogen-bond acceptors (Lipinski definition) is 6. The Labute approximate surface area is 201 Å². The number of aliphatic imine (C=N–C) groups is 1. The van der Waals surface area contributed by atoms with Gasteiger partial charge in [-0.2, -0.15) is 4.37 Å². The first-order chi connectivity index (χ1) is 14.1. The number of pyridine rings is 1. The lowest BCUT2D eigenvalue weighted by Gasteiger charge is -2.36. The van der Waals surface area contributed by atoms with Gasteiger partial charge in [0.15, 0.2) is 5.96 Å². The zero-order valence-corrected chi connectivity index (χ0v) is 21.6. The highest BCUT2D eigenvalue weighted by atomic mass is 127. The van der Waals surface area contributed by atoms with Gasteiger partial charge in [0, 0.05) is 75.5 Å². The van der Waals surface area contributed by atoms with Crippen LogP contribution in [-0.2, 0) is 6.42 Å². The maximum Gasteiger partial charge on any atom is 0.205 e. The van der Waals surface area contributed by atoms with Gasteiger partial charge < -0.3 is 15.1 Å². The van der Waals surface area contributed by atoms with Crippen LogP contribution in [0.1, 0.15) is 45.0 Å². The minimum absolute atomic E-state index is 0. The highest BCUT2D eigenvalue weighted by molar-refractivity contribution is 14.0. The van der Waals surface area contributed by atoms with Gasteiger partial charge >= 0.3 is 0 Å². The number of guanidine groups is 1. The van der Waals surface area contributed by atoms with E-state index in [1.807, 2.05) is 18.5 Å². The van der Waals surface area contributed by atoms with E-state index in [1.54, 1.807) is 0 Å². The average Bonchev–Trinajstić information content (AvgIpc) is 3.23. The molecule has 0 aromatic carbocycles. The van der Waals surface area contributed by atoms with Crippen molar-refractivity contribution >= 4 is 46.6 Å². The van der Waals surface area contributed by atoms with Gasteiger partial charge in [0.05, 0.1) is 0 Å². The SMILES string of the molecule is CCNC(=NCC(c1cccnc1)C(C)C)N1CCN(c2nc(CC)ns2)CC1.I. The van der Waals surface area contributed by atoms with Gasteiger partial charge in [-0.05, 0) is 24.5 Å². The van der Waals surface area contributed by atoms with Crippen molar-refractivity contribution < 1.29 is 0 Å².